The fraction of sp³-hybridized carbons (Fsp3) is 0.280. The second-order valence-electron chi connectivity index (χ2n) is 8.36. The van der Waals surface area contributed by atoms with E-state index in [9.17, 15) is 4.91 Å². The largest absolute Gasteiger partial charge is 0.354 e. The normalized spacial score (nSPS) is 14.6. The number of rotatable bonds is 6. The van der Waals surface area contributed by atoms with Crippen LogP contribution >= 0.6 is 0 Å². The fourth-order valence-corrected chi connectivity index (χ4v) is 4.46. The van der Waals surface area contributed by atoms with Gasteiger partial charge in [0.15, 0.2) is 5.65 Å². The van der Waals surface area contributed by atoms with Crippen LogP contribution in [0.2, 0.25) is 0 Å². The van der Waals surface area contributed by atoms with Gasteiger partial charge in [0.25, 0.3) is 0 Å². The highest BCUT2D eigenvalue weighted by Crippen LogP contribution is 2.32. The highest BCUT2D eigenvalue weighted by atomic mass is 16.3. The summed E-state index contributed by atoms with van der Waals surface area (Å²) >= 11 is 0. The molecule has 5 rings (SSSR count). The second kappa shape index (κ2) is 9.15. The monoisotopic (exact) mass is 436 g/mol. The summed E-state index contributed by atoms with van der Waals surface area (Å²) in [6.45, 7) is 6.52. The molecule has 0 aliphatic carbocycles. The van der Waals surface area contributed by atoms with Gasteiger partial charge in [-0.2, -0.15) is 14.5 Å². The molecule has 1 fully saturated rings. The van der Waals surface area contributed by atoms with Crippen molar-refractivity contribution in [2.24, 2.45) is 5.18 Å². The fourth-order valence-electron chi connectivity index (χ4n) is 4.46. The van der Waals surface area contributed by atoms with Gasteiger partial charge in [0.1, 0.15) is 13.7 Å². The molecule has 2 radical (unpaired) electrons. The van der Waals surface area contributed by atoms with E-state index < -0.39 is 0 Å². The van der Waals surface area contributed by atoms with Crippen molar-refractivity contribution in [2.45, 2.75) is 6.92 Å². The number of nitroso groups, excluding NO2 is 1. The molecule has 0 saturated carbocycles. The molecule has 3 heterocycles. The van der Waals surface area contributed by atoms with Gasteiger partial charge in [-0.1, -0.05) is 65.2 Å². The molecule has 7 nitrogen and oxygen atoms in total. The first-order valence-corrected chi connectivity index (χ1v) is 11.2. The number of aromatic nitrogens is 3. The number of aryl methyl sites for hydroxylation is 1. The smallest absolute Gasteiger partial charge is 0.166 e. The van der Waals surface area contributed by atoms with Crippen LogP contribution in [0, 0.1) is 11.8 Å². The van der Waals surface area contributed by atoms with E-state index >= 15 is 0 Å². The summed E-state index contributed by atoms with van der Waals surface area (Å²) in [5.74, 6) is 1.02. The van der Waals surface area contributed by atoms with Crippen LogP contribution in [0.4, 0.5) is 5.82 Å². The maximum atomic E-state index is 10.5. The lowest BCUT2D eigenvalue weighted by Gasteiger charge is -2.35. The Morgan fingerprint density at radius 1 is 0.970 bits per heavy atom. The molecule has 0 amide bonds. The third-order valence-electron chi connectivity index (χ3n) is 6.22. The number of nitrogens with zero attached hydrogens (tertiary/aromatic N) is 6. The van der Waals surface area contributed by atoms with Gasteiger partial charge in [-0.3, -0.25) is 4.90 Å². The van der Waals surface area contributed by atoms with E-state index in [-0.39, 0.29) is 0 Å². The van der Waals surface area contributed by atoms with Gasteiger partial charge >= 0.3 is 0 Å². The third kappa shape index (κ3) is 4.26. The van der Waals surface area contributed by atoms with E-state index in [1.807, 2.05) is 53.9 Å². The van der Waals surface area contributed by atoms with Gasteiger partial charge in [-0.15, -0.1) is 0 Å². The summed E-state index contributed by atoms with van der Waals surface area (Å²) < 4.78 is 1.97. The molecule has 1 saturated heterocycles. The van der Waals surface area contributed by atoms with Gasteiger partial charge in [-0.25, -0.2) is 4.98 Å². The number of anilines is 1. The van der Waals surface area contributed by atoms with Gasteiger partial charge in [-0.05, 0) is 12.5 Å². The van der Waals surface area contributed by atoms with E-state index in [2.05, 4.69) is 33.2 Å². The third-order valence-corrected chi connectivity index (χ3v) is 6.22. The van der Waals surface area contributed by atoms with Crippen LogP contribution < -0.4 is 10.4 Å². The van der Waals surface area contributed by atoms with Gasteiger partial charge < -0.3 is 4.90 Å². The first kappa shape index (κ1) is 21.3. The highest BCUT2D eigenvalue weighted by Gasteiger charge is 2.23. The molecular formula is C25H25BN6O. The number of fused-ring (bicyclic) bond motifs is 1. The topological polar surface area (TPSA) is 66.1 Å². The maximum Gasteiger partial charge on any atom is 0.166 e. The minimum Gasteiger partial charge on any atom is -0.354 e. The average Bonchev–Trinajstić information content (AvgIpc) is 3.19. The zero-order chi connectivity index (χ0) is 22.8. The molecule has 0 bridgehead atoms. The van der Waals surface area contributed by atoms with Gasteiger partial charge in [0, 0.05) is 49.9 Å². The van der Waals surface area contributed by atoms with Crippen LogP contribution in [0.1, 0.15) is 5.69 Å². The molecule has 1 aliphatic rings. The van der Waals surface area contributed by atoms with Crippen molar-refractivity contribution < 1.29 is 0 Å². The Labute approximate surface area is 194 Å². The molecule has 0 spiro atoms. The van der Waals surface area contributed by atoms with Crippen molar-refractivity contribution in [3.63, 3.8) is 0 Å². The van der Waals surface area contributed by atoms with Crippen LogP contribution in [0.3, 0.4) is 0 Å². The minimum atomic E-state index is 0.333. The Balaban J connectivity index is 1.62. The van der Waals surface area contributed by atoms with Crippen molar-refractivity contribution in [1.82, 2.24) is 19.5 Å². The lowest BCUT2D eigenvalue weighted by Crippen LogP contribution is -2.47. The van der Waals surface area contributed by atoms with Gasteiger partial charge in [0.05, 0.1) is 17.9 Å². The molecule has 0 N–H and O–H groups in total. The van der Waals surface area contributed by atoms with Crippen molar-refractivity contribution in [2.75, 3.05) is 44.2 Å². The number of piperazine rings is 1. The summed E-state index contributed by atoms with van der Waals surface area (Å²) in [4.78, 5) is 20.2. The molecule has 4 aromatic rings. The van der Waals surface area contributed by atoms with Crippen LogP contribution in [-0.2, 0) is 0 Å². The predicted octanol–water partition coefficient (Wildman–Crippen LogP) is 3.05. The summed E-state index contributed by atoms with van der Waals surface area (Å²) in [7, 11) is 5.92. The SMILES string of the molecule is [B]c1ccc(-c2cc(N3CCN(CCN=O)CC3)n3nc(C)c(-c4ccccc4)c3n2)cc1. The number of benzene rings is 2. The Morgan fingerprint density at radius 2 is 1.70 bits per heavy atom. The van der Waals surface area contributed by atoms with E-state index in [1.54, 1.807) is 0 Å². The first-order chi connectivity index (χ1) is 16.1. The van der Waals surface area contributed by atoms with Crippen molar-refractivity contribution in [3.05, 3.63) is 71.3 Å². The molecule has 2 aromatic heterocycles. The van der Waals surface area contributed by atoms with Crippen molar-refractivity contribution >= 4 is 24.8 Å². The van der Waals surface area contributed by atoms with Crippen molar-refractivity contribution in [3.8, 4) is 22.4 Å². The summed E-state index contributed by atoms with van der Waals surface area (Å²) in [5.41, 5.74) is 6.57. The lowest BCUT2D eigenvalue weighted by atomic mass is 9.95. The Hall–Kier alpha value is -3.52. The molecular weight excluding hydrogens is 411 g/mol. The molecule has 8 heteroatoms. The molecule has 33 heavy (non-hydrogen) atoms. The van der Waals surface area contributed by atoms with E-state index in [1.165, 1.54) is 0 Å². The summed E-state index contributed by atoms with van der Waals surface area (Å²) in [5, 5.41) is 7.91. The molecule has 1 aliphatic heterocycles. The molecule has 0 atom stereocenters. The zero-order valence-corrected chi connectivity index (χ0v) is 18.7. The quantitative estimate of drug-likeness (QED) is 0.344. The summed E-state index contributed by atoms with van der Waals surface area (Å²) in [6.07, 6.45) is 0. The minimum absolute atomic E-state index is 0.333. The van der Waals surface area contributed by atoms with Crippen LogP contribution in [0.15, 0.2) is 65.8 Å². The van der Waals surface area contributed by atoms with Crippen LogP contribution in [0.5, 0.6) is 0 Å². The molecule has 2 aromatic carbocycles. The lowest BCUT2D eigenvalue weighted by molar-refractivity contribution is 0.264. The first-order valence-electron chi connectivity index (χ1n) is 11.2. The molecule has 0 unspecified atom stereocenters. The Morgan fingerprint density at radius 3 is 2.39 bits per heavy atom. The predicted molar refractivity (Wildman–Crippen MR) is 133 cm³/mol. The van der Waals surface area contributed by atoms with Crippen LogP contribution in [0.25, 0.3) is 28.0 Å². The second-order valence-corrected chi connectivity index (χ2v) is 8.36. The standard InChI is InChI=1S/C25H25BN6O/c1-18-24(20-5-3-2-4-6-20)25-28-22(19-7-9-21(26)10-8-19)17-23(32(25)29-18)31-15-13-30(14-16-31)12-11-27-33/h2-10,17H,11-16H2,1H3. The zero-order valence-electron chi connectivity index (χ0n) is 18.7. The van der Waals surface area contributed by atoms with Crippen molar-refractivity contribution in [1.29, 1.82) is 0 Å². The number of hydrogen-bond acceptors (Lipinski definition) is 6. The van der Waals surface area contributed by atoms with Crippen LogP contribution in [-0.4, -0.2) is 66.6 Å². The Kier molecular flexibility index (Phi) is 5.92. The highest BCUT2D eigenvalue weighted by molar-refractivity contribution is 6.32. The van der Waals surface area contributed by atoms with Gasteiger partial charge in [0.2, 0.25) is 0 Å². The van der Waals surface area contributed by atoms with E-state index in [0.717, 1.165) is 71.2 Å². The molecule has 164 valence electrons. The summed E-state index contributed by atoms with van der Waals surface area (Å²) in [6, 6.07) is 20.2. The van der Waals surface area contributed by atoms with E-state index in [0.29, 0.717) is 13.1 Å². The number of hydrogen-bond donors (Lipinski definition) is 0. The average molecular weight is 436 g/mol. The van der Waals surface area contributed by atoms with E-state index in [4.69, 9.17) is 17.9 Å². The maximum absolute atomic E-state index is 10.5. The Bertz CT molecular complexity index is 1260.